The van der Waals surface area contributed by atoms with Crippen LogP contribution in [0.3, 0.4) is 0 Å². The van der Waals surface area contributed by atoms with Crippen LogP contribution in [0.4, 0.5) is 0 Å². The Balaban J connectivity index is 2.24. The summed E-state index contributed by atoms with van der Waals surface area (Å²) in [6.07, 6.45) is 2.08. The van der Waals surface area contributed by atoms with Crippen molar-refractivity contribution in [1.82, 2.24) is 4.90 Å². The minimum atomic E-state index is 0.157. The molecule has 1 fully saturated rings. The van der Waals surface area contributed by atoms with Crippen LogP contribution in [0.1, 0.15) is 26.7 Å². The fraction of sp³-hybridized carbons (Fsp3) is 0.917. The normalized spacial score (nSPS) is 23.3. The summed E-state index contributed by atoms with van der Waals surface area (Å²) in [5.41, 5.74) is 0. The zero-order valence-electron chi connectivity index (χ0n) is 10.2. The van der Waals surface area contributed by atoms with Gasteiger partial charge < -0.3 is 4.74 Å². The van der Waals surface area contributed by atoms with Crippen LogP contribution < -0.4 is 0 Å². The van der Waals surface area contributed by atoms with E-state index in [2.05, 4.69) is 18.7 Å². The summed E-state index contributed by atoms with van der Waals surface area (Å²) < 4.78 is 5.22. The van der Waals surface area contributed by atoms with Crippen molar-refractivity contribution >= 4 is 5.78 Å². The Morgan fingerprint density at radius 3 is 2.87 bits per heavy atom. The van der Waals surface area contributed by atoms with Crippen molar-refractivity contribution in [3.05, 3.63) is 0 Å². The second-order valence-corrected chi connectivity index (χ2v) is 4.74. The Kier molecular flexibility index (Phi) is 5.26. The maximum atomic E-state index is 11.8. The Labute approximate surface area is 92.8 Å². The van der Waals surface area contributed by atoms with E-state index in [0.717, 1.165) is 19.6 Å². The average Bonchev–Trinajstić information content (AvgIpc) is 2.70. The average molecular weight is 213 g/mol. The number of hydrogen-bond acceptors (Lipinski definition) is 3. The van der Waals surface area contributed by atoms with Gasteiger partial charge in [-0.15, -0.1) is 0 Å². The van der Waals surface area contributed by atoms with E-state index in [9.17, 15) is 4.79 Å². The van der Waals surface area contributed by atoms with Crippen molar-refractivity contribution in [1.29, 1.82) is 0 Å². The summed E-state index contributed by atoms with van der Waals surface area (Å²) in [5, 5.41) is 0. The van der Waals surface area contributed by atoms with E-state index < -0.39 is 0 Å². The zero-order chi connectivity index (χ0) is 11.3. The molecule has 0 aromatic rings. The van der Waals surface area contributed by atoms with Crippen LogP contribution in [-0.2, 0) is 9.53 Å². The van der Waals surface area contributed by atoms with Gasteiger partial charge in [-0.05, 0) is 19.4 Å². The van der Waals surface area contributed by atoms with Gasteiger partial charge >= 0.3 is 0 Å². The first kappa shape index (κ1) is 12.7. The third kappa shape index (κ3) is 4.31. The van der Waals surface area contributed by atoms with Crippen molar-refractivity contribution in [2.75, 3.05) is 33.4 Å². The van der Waals surface area contributed by atoms with Crippen molar-refractivity contribution in [2.45, 2.75) is 26.7 Å². The molecule has 2 unspecified atom stereocenters. The number of rotatable bonds is 6. The smallest absolute Gasteiger partial charge is 0.152 e. The van der Waals surface area contributed by atoms with Gasteiger partial charge in [-0.1, -0.05) is 20.3 Å². The van der Waals surface area contributed by atoms with Crippen LogP contribution in [0.15, 0.2) is 0 Å². The van der Waals surface area contributed by atoms with E-state index in [-0.39, 0.29) is 5.92 Å². The Morgan fingerprint density at radius 2 is 2.33 bits per heavy atom. The van der Waals surface area contributed by atoms with Gasteiger partial charge in [0.25, 0.3) is 0 Å². The number of hydrogen-bond donors (Lipinski definition) is 0. The molecule has 1 aliphatic rings. The third-order valence-electron chi connectivity index (χ3n) is 3.13. The molecule has 0 saturated carbocycles. The molecule has 88 valence electrons. The highest BCUT2D eigenvalue weighted by atomic mass is 16.5. The van der Waals surface area contributed by atoms with Crippen LogP contribution in [0.25, 0.3) is 0 Å². The number of ether oxygens (including phenoxy) is 1. The second-order valence-electron chi connectivity index (χ2n) is 4.74. The molecule has 0 amide bonds. The van der Waals surface area contributed by atoms with Crippen molar-refractivity contribution in [3.63, 3.8) is 0 Å². The zero-order valence-corrected chi connectivity index (χ0v) is 10.2. The molecule has 0 radical (unpaired) electrons. The van der Waals surface area contributed by atoms with E-state index in [4.69, 9.17) is 4.74 Å². The van der Waals surface area contributed by atoms with E-state index >= 15 is 0 Å². The first-order valence-corrected chi connectivity index (χ1v) is 5.92. The molecule has 3 heteroatoms. The molecule has 1 heterocycles. The fourth-order valence-corrected chi connectivity index (χ4v) is 1.91. The number of nitrogens with zero attached hydrogens (tertiary/aromatic N) is 1. The highest BCUT2D eigenvalue weighted by molar-refractivity contribution is 5.83. The topological polar surface area (TPSA) is 29.5 Å². The lowest BCUT2D eigenvalue weighted by Gasteiger charge is -2.20. The predicted octanol–water partition coefficient (Wildman–Crippen LogP) is 1.57. The molecule has 0 N–H and O–H groups in total. The standard InChI is InChI=1S/C12H23NO2/c1-4-10(2)7-13(3)8-12(14)11-5-6-15-9-11/h10-11H,4-9H2,1-3H3. The fourth-order valence-electron chi connectivity index (χ4n) is 1.91. The van der Waals surface area contributed by atoms with Gasteiger partial charge in [0.1, 0.15) is 0 Å². The van der Waals surface area contributed by atoms with Crippen LogP contribution in [0, 0.1) is 11.8 Å². The molecule has 3 nitrogen and oxygen atoms in total. The Hall–Kier alpha value is -0.410. The molecule has 0 bridgehead atoms. The molecule has 0 aliphatic carbocycles. The molecular formula is C12H23NO2. The van der Waals surface area contributed by atoms with Gasteiger partial charge in [0.2, 0.25) is 0 Å². The summed E-state index contributed by atoms with van der Waals surface area (Å²) in [5.74, 6) is 1.17. The maximum absolute atomic E-state index is 11.8. The molecule has 0 aromatic heterocycles. The van der Waals surface area contributed by atoms with Crippen LogP contribution in [-0.4, -0.2) is 44.0 Å². The number of Topliss-reactive ketones (excluding diaryl/α,β-unsaturated/α-hetero) is 1. The number of ketones is 1. The van der Waals surface area contributed by atoms with Crippen LogP contribution in [0.5, 0.6) is 0 Å². The molecule has 1 saturated heterocycles. The summed E-state index contributed by atoms with van der Waals surface area (Å²) in [6, 6.07) is 0. The number of carbonyl (C=O) groups excluding carboxylic acids is 1. The monoisotopic (exact) mass is 213 g/mol. The first-order chi connectivity index (χ1) is 7.13. The summed E-state index contributed by atoms with van der Waals surface area (Å²) >= 11 is 0. The molecule has 1 aliphatic heterocycles. The van der Waals surface area contributed by atoms with Crippen molar-refractivity contribution in [3.8, 4) is 0 Å². The largest absolute Gasteiger partial charge is 0.381 e. The Morgan fingerprint density at radius 1 is 1.60 bits per heavy atom. The van der Waals surface area contributed by atoms with Gasteiger partial charge in [-0.3, -0.25) is 9.69 Å². The minimum absolute atomic E-state index is 0.157. The summed E-state index contributed by atoms with van der Waals surface area (Å²) in [7, 11) is 2.03. The van der Waals surface area contributed by atoms with Gasteiger partial charge in [0.05, 0.1) is 13.2 Å². The van der Waals surface area contributed by atoms with Crippen molar-refractivity contribution in [2.24, 2.45) is 11.8 Å². The second kappa shape index (κ2) is 6.23. The van der Waals surface area contributed by atoms with Gasteiger partial charge in [-0.2, -0.15) is 0 Å². The van der Waals surface area contributed by atoms with E-state index in [1.54, 1.807) is 0 Å². The van der Waals surface area contributed by atoms with Crippen molar-refractivity contribution < 1.29 is 9.53 Å². The molecule has 0 aromatic carbocycles. The molecule has 1 rings (SSSR count). The van der Waals surface area contributed by atoms with Gasteiger partial charge in [0, 0.05) is 19.1 Å². The quantitative estimate of drug-likeness (QED) is 0.671. The van der Waals surface area contributed by atoms with Gasteiger partial charge in [0.15, 0.2) is 5.78 Å². The van der Waals surface area contributed by atoms with Gasteiger partial charge in [-0.25, -0.2) is 0 Å². The number of likely N-dealkylation sites (N-methyl/N-ethyl adjacent to an activating group) is 1. The van der Waals surface area contributed by atoms with Crippen LogP contribution >= 0.6 is 0 Å². The lowest BCUT2D eigenvalue weighted by molar-refractivity contribution is -0.123. The molecule has 0 spiro atoms. The molecular weight excluding hydrogens is 190 g/mol. The van der Waals surface area contributed by atoms with E-state index in [0.29, 0.717) is 24.9 Å². The summed E-state index contributed by atoms with van der Waals surface area (Å²) in [4.78, 5) is 13.9. The highest BCUT2D eigenvalue weighted by Gasteiger charge is 2.24. The SMILES string of the molecule is CCC(C)CN(C)CC(=O)C1CCOC1. The first-order valence-electron chi connectivity index (χ1n) is 5.92. The number of carbonyl (C=O) groups is 1. The van der Waals surface area contributed by atoms with E-state index in [1.165, 1.54) is 6.42 Å². The third-order valence-corrected chi connectivity index (χ3v) is 3.13. The lowest BCUT2D eigenvalue weighted by Crippen LogP contribution is -2.33. The minimum Gasteiger partial charge on any atom is -0.381 e. The van der Waals surface area contributed by atoms with Crippen LogP contribution in [0.2, 0.25) is 0 Å². The van der Waals surface area contributed by atoms with E-state index in [1.807, 2.05) is 7.05 Å². The molecule has 15 heavy (non-hydrogen) atoms. The molecule has 2 atom stereocenters. The predicted molar refractivity (Wildman–Crippen MR) is 60.9 cm³/mol. The lowest BCUT2D eigenvalue weighted by atomic mass is 10.0. The maximum Gasteiger partial charge on any atom is 0.152 e. The Bertz CT molecular complexity index is 200. The highest BCUT2D eigenvalue weighted by Crippen LogP contribution is 2.14. The summed E-state index contributed by atoms with van der Waals surface area (Å²) in [6.45, 7) is 7.39.